The Bertz CT molecular complexity index is 874. The van der Waals surface area contributed by atoms with Gasteiger partial charge in [0.2, 0.25) is 0 Å². The number of aryl methyl sites for hydroxylation is 2. The Balaban J connectivity index is 1.76. The molecule has 24 heavy (non-hydrogen) atoms. The summed E-state index contributed by atoms with van der Waals surface area (Å²) in [6.07, 6.45) is 3.24. The molecule has 7 heteroatoms. The number of halogens is 1. The quantitative estimate of drug-likeness (QED) is 0.702. The second kappa shape index (κ2) is 6.98. The molecule has 0 fully saturated rings. The number of hydrogen-bond acceptors (Lipinski definition) is 5. The van der Waals surface area contributed by atoms with Crippen LogP contribution < -0.4 is 10.6 Å². The van der Waals surface area contributed by atoms with E-state index in [-0.39, 0.29) is 5.91 Å². The summed E-state index contributed by atoms with van der Waals surface area (Å²) in [7, 11) is 0. The smallest absolute Gasteiger partial charge is 0.267 e. The first-order chi connectivity index (χ1) is 11.5. The maximum absolute atomic E-state index is 12.4. The molecule has 2 aromatic heterocycles. The van der Waals surface area contributed by atoms with Crippen LogP contribution in [0.5, 0.6) is 0 Å². The van der Waals surface area contributed by atoms with Gasteiger partial charge in [-0.3, -0.25) is 4.79 Å². The first-order valence-corrected chi connectivity index (χ1v) is 8.45. The second-order valence-electron chi connectivity index (χ2n) is 5.21. The number of pyridine rings is 1. The van der Waals surface area contributed by atoms with E-state index in [9.17, 15) is 4.79 Å². The van der Waals surface area contributed by atoms with Gasteiger partial charge >= 0.3 is 0 Å². The molecule has 3 rings (SSSR count). The predicted octanol–water partition coefficient (Wildman–Crippen LogP) is 4.80. The normalized spacial score (nSPS) is 10.5. The number of amides is 1. The van der Waals surface area contributed by atoms with E-state index < -0.39 is 0 Å². The third kappa shape index (κ3) is 3.55. The lowest BCUT2D eigenvalue weighted by Crippen LogP contribution is -2.11. The number of anilines is 3. The summed E-state index contributed by atoms with van der Waals surface area (Å²) in [6.45, 7) is 3.85. The molecule has 5 nitrogen and oxygen atoms in total. The number of carbonyl (C=O) groups excluding carboxylic acids is 1. The van der Waals surface area contributed by atoms with E-state index in [4.69, 9.17) is 11.6 Å². The number of rotatable bonds is 4. The van der Waals surface area contributed by atoms with Gasteiger partial charge in [0.1, 0.15) is 10.7 Å². The molecule has 122 valence electrons. The van der Waals surface area contributed by atoms with Crippen molar-refractivity contribution >= 4 is 45.5 Å². The van der Waals surface area contributed by atoms with E-state index in [2.05, 4.69) is 20.6 Å². The molecule has 0 aliphatic heterocycles. The summed E-state index contributed by atoms with van der Waals surface area (Å²) >= 11 is 7.40. The van der Waals surface area contributed by atoms with Crippen molar-refractivity contribution in [3.8, 4) is 0 Å². The SMILES string of the molecule is Cc1cccnc1Nc1ncc(C(=O)Nc2c(C)cccc2Cl)s1. The third-order valence-electron chi connectivity index (χ3n) is 3.42. The van der Waals surface area contributed by atoms with Crippen LogP contribution in [-0.4, -0.2) is 15.9 Å². The average molecular weight is 359 g/mol. The Hall–Kier alpha value is -2.44. The first-order valence-electron chi connectivity index (χ1n) is 7.25. The topological polar surface area (TPSA) is 66.9 Å². The van der Waals surface area contributed by atoms with Gasteiger partial charge in [0.05, 0.1) is 16.9 Å². The standard InChI is InChI=1S/C17H15ClN4OS/c1-10-5-3-7-12(18)14(10)21-16(23)13-9-20-17(24-13)22-15-11(2)6-4-8-19-15/h3-9H,1-2H3,(H,21,23)(H,19,20,22). The fourth-order valence-corrected chi connectivity index (χ4v) is 3.10. The van der Waals surface area contributed by atoms with Crippen molar-refractivity contribution in [2.45, 2.75) is 13.8 Å². The summed E-state index contributed by atoms with van der Waals surface area (Å²) < 4.78 is 0. The van der Waals surface area contributed by atoms with Crippen LogP contribution in [0.4, 0.5) is 16.6 Å². The highest BCUT2D eigenvalue weighted by Gasteiger charge is 2.14. The molecule has 0 unspecified atom stereocenters. The molecule has 0 saturated heterocycles. The van der Waals surface area contributed by atoms with Crippen LogP contribution in [0, 0.1) is 13.8 Å². The minimum atomic E-state index is -0.241. The molecular weight excluding hydrogens is 344 g/mol. The van der Waals surface area contributed by atoms with E-state index >= 15 is 0 Å². The van der Waals surface area contributed by atoms with Gasteiger partial charge < -0.3 is 10.6 Å². The van der Waals surface area contributed by atoms with Crippen molar-refractivity contribution in [3.63, 3.8) is 0 Å². The largest absolute Gasteiger partial charge is 0.320 e. The Morgan fingerprint density at radius 1 is 1.12 bits per heavy atom. The third-order valence-corrected chi connectivity index (χ3v) is 4.65. The fraction of sp³-hybridized carbons (Fsp3) is 0.118. The highest BCUT2D eigenvalue weighted by atomic mass is 35.5. The minimum Gasteiger partial charge on any atom is -0.320 e. The summed E-state index contributed by atoms with van der Waals surface area (Å²) in [4.78, 5) is 21.4. The molecule has 0 spiro atoms. The number of nitrogens with one attached hydrogen (secondary N) is 2. The number of nitrogens with zero attached hydrogens (tertiary/aromatic N) is 2. The molecular formula is C17H15ClN4OS. The van der Waals surface area contributed by atoms with Crippen molar-refractivity contribution in [2.75, 3.05) is 10.6 Å². The lowest BCUT2D eigenvalue weighted by atomic mass is 10.2. The van der Waals surface area contributed by atoms with Crippen molar-refractivity contribution in [1.82, 2.24) is 9.97 Å². The van der Waals surface area contributed by atoms with Gasteiger partial charge in [-0.15, -0.1) is 0 Å². The van der Waals surface area contributed by atoms with E-state index in [1.54, 1.807) is 12.3 Å². The van der Waals surface area contributed by atoms with Crippen molar-refractivity contribution in [2.24, 2.45) is 0 Å². The minimum absolute atomic E-state index is 0.241. The van der Waals surface area contributed by atoms with Gasteiger partial charge in [0.25, 0.3) is 5.91 Å². The lowest BCUT2D eigenvalue weighted by molar-refractivity contribution is 0.103. The zero-order valence-electron chi connectivity index (χ0n) is 13.1. The van der Waals surface area contributed by atoms with Gasteiger partial charge in [-0.05, 0) is 37.1 Å². The molecule has 0 saturated carbocycles. The first kappa shape index (κ1) is 16.4. The van der Waals surface area contributed by atoms with E-state index in [0.29, 0.717) is 20.7 Å². The zero-order chi connectivity index (χ0) is 17.1. The van der Waals surface area contributed by atoms with Crippen LogP contribution in [0.3, 0.4) is 0 Å². The Labute approximate surface area is 148 Å². The van der Waals surface area contributed by atoms with Crippen LogP contribution in [0.25, 0.3) is 0 Å². The number of para-hydroxylation sites is 1. The van der Waals surface area contributed by atoms with E-state index in [1.165, 1.54) is 17.5 Å². The van der Waals surface area contributed by atoms with Crippen molar-refractivity contribution in [1.29, 1.82) is 0 Å². The number of hydrogen-bond donors (Lipinski definition) is 2. The van der Waals surface area contributed by atoms with Gasteiger partial charge in [-0.1, -0.05) is 41.1 Å². The molecule has 2 heterocycles. The van der Waals surface area contributed by atoms with Crippen LogP contribution in [0.1, 0.15) is 20.8 Å². The fourth-order valence-electron chi connectivity index (χ4n) is 2.12. The number of aromatic nitrogens is 2. The number of thiazole rings is 1. The van der Waals surface area contributed by atoms with E-state index in [0.717, 1.165) is 16.9 Å². The molecule has 0 radical (unpaired) electrons. The second-order valence-corrected chi connectivity index (χ2v) is 6.65. The molecule has 0 aliphatic carbocycles. The van der Waals surface area contributed by atoms with Crippen LogP contribution in [0.15, 0.2) is 42.7 Å². The van der Waals surface area contributed by atoms with Crippen molar-refractivity contribution < 1.29 is 4.79 Å². The number of carbonyl (C=O) groups is 1. The summed E-state index contributed by atoms with van der Waals surface area (Å²) in [5.41, 5.74) is 2.53. The van der Waals surface area contributed by atoms with Crippen LogP contribution >= 0.6 is 22.9 Å². The van der Waals surface area contributed by atoms with Gasteiger partial charge in [-0.25, -0.2) is 9.97 Å². The Morgan fingerprint density at radius 2 is 1.92 bits per heavy atom. The van der Waals surface area contributed by atoms with Gasteiger partial charge in [0, 0.05) is 6.20 Å². The monoisotopic (exact) mass is 358 g/mol. The number of benzene rings is 1. The Morgan fingerprint density at radius 3 is 2.67 bits per heavy atom. The lowest BCUT2D eigenvalue weighted by Gasteiger charge is -2.08. The molecule has 1 aromatic carbocycles. The van der Waals surface area contributed by atoms with Crippen molar-refractivity contribution in [3.05, 3.63) is 63.8 Å². The van der Waals surface area contributed by atoms with Gasteiger partial charge in [0.15, 0.2) is 5.13 Å². The van der Waals surface area contributed by atoms with E-state index in [1.807, 2.05) is 38.1 Å². The summed E-state index contributed by atoms with van der Waals surface area (Å²) in [6, 6.07) is 9.31. The van der Waals surface area contributed by atoms with Crippen LogP contribution in [0.2, 0.25) is 5.02 Å². The molecule has 2 N–H and O–H groups in total. The van der Waals surface area contributed by atoms with Gasteiger partial charge in [-0.2, -0.15) is 0 Å². The zero-order valence-corrected chi connectivity index (χ0v) is 14.7. The molecule has 3 aromatic rings. The van der Waals surface area contributed by atoms with Crippen LogP contribution in [-0.2, 0) is 0 Å². The summed E-state index contributed by atoms with van der Waals surface area (Å²) in [5, 5.41) is 7.08. The maximum Gasteiger partial charge on any atom is 0.267 e. The Kier molecular flexibility index (Phi) is 4.78. The molecule has 0 aliphatic rings. The highest BCUT2D eigenvalue weighted by Crippen LogP contribution is 2.28. The molecule has 0 bridgehead atoms. The predicted molar refractivity (Wildman–Crippen MR) is 98.5 cm³/mol. The average Bonchev–Trinajstić information content (AvgIpc) is 3.02. The molecule has 1 amide bonds. The highest BCUT2D eigenvalue weighted by molar-refractivity contribution is 7.17. The summed E-state index contributed by atoms with van der Waals surface area (Å²) in [5.74, 6) is 0.482. The molecule has 0 atom stereocenters. The maximum atomic E-state index is 12.4.